The lowest BCUT2D eigenvalue weighted by Gasteiger charge is -2.16. The first-order valence-corrected chi connectivity index (χ1v) is 9.79. The van der Waals surface area contributed by atoms with Gasteiger partial charge in [-0.15, -0.1) is 10.2 Å². The van der Waals surface area contributed by atoms with Gasteiger partial charge in [-0.3, -0.25) is 0 Å². The number of hydrogen-bond donors (Lipinski definition) is 0. The fraction of sp³-hybridized carbons (Fsp3) is 0.120. The minimum atomic E-state index is 0.688. The summed E-state index contributed by atoms with van der Waals surface area (Å²) in [5, 5.41) is 10.1. The molecule has 0 spiro atoms. The van der Waals surface area contributed by atoms with E-state index in [4.69, 9.17) is 9.47 Å². The van der Waals surface area contributed by atoms with E-state index in [2.05, 4.69) is 39.2 Å². The van der Waals surface area contributed by atoms with Crippen molar-refractivity contribution in [2.45, 2.75) is 6.54 Å². The summed E-state index contributed by atoms with van der Waals surface area (Å²) in [5.74, 6) is 1.70. The van der Waals surface area contributed by atoms with Crippen molar-refractivity contribution in [3.63, 3.8) is 0 Å². The van der Waals surface area contributed by atoms with Gasteiger partial charge in [0.1, 0.15) is 22.9 Å². The van der Waals surface area contributed by atoms with Crippen molar-refractivity contribution in [1.29, 1.82) is 0 Å². The summed E-state index contributed by atoms with van der Waals surface area (Å²) in [6.07, 6.45) is 2.14. The molecule has 2 aliphatic rings. The van der Waals surface area contributed by atoms with E-state index in [1.165, 1.54) is 0 Å². The zero-order valence-corrected chi connectivity index (χ0v) is 16.9. The maximum absolute atomic E-state index is 5.57. The van der Waals surface area contributed by atoms with Crippen LogP contribution in [0.3, 0.4) is 0 Å². The van der Waals surface area contributed by atoms with E-state index in [0.717, 1.165) is 50.5 Å². The van der Waals surface area contributed by atoms with Gasteiger partial charge >= 0.3 is 0 Å². The molecule has 0 fully saturated rings. The van der Waals surface area contributed by atoms with E-state index in [1.807, 2.05) is 54.6 Å². The van der Waals surface area contributed by atoms with Gasteiger partial charge in [-0.2, -0.15) is 0 Å². The molecule has 0 aromatic heterocycles. The SMILES string of the molecule is COc1ccc(-c2nnc3c4ccccc4n(Cc4ccccc4OC)cc2-3)cc1. The van der Waals surface area contributed by atoms with Crippen molar-refractivity contribution in [2.24, 2.45) is 0 Å². The molecule has 0 bridgehead atoms. The molecule has 0 atom stereocenters. The predicted octanol–water partition coefficient (Wildman–Crippen LogP) is 5.27. The van der Waals surface area contributed by atoms with E-state index >= 15 is 0 Å². The number of ether oxygens (including phenoxy) is 2. The molecule has 0 saturated carbocycles. The highest BCUT2D eigenvalue weighted by molar-refractivity contribution is 5.98. The van der Waals surface area contributed by atoms with Crippen molar-refractivity contribution in [2.75, 3.05) is 14.2 Å². The highest BCUT2D eigenvalue weighted by Crippen LogP contribution is 2.37. The molecule has 30 heavy (non-hydrogen) atoms. The second-order valence-electron chi connectivity index (χ2n) is 7.13. The molecule has 148 valence electrons. The van der Waals surface area contributed by atoms with Gasteiger partial charge in [-0.05, 0) is 36.4 Å². The third-order valence-electron chi connectivity index (χ3n) is 5.41. The number of fused-ring (bicyclic) bond motifs is 3. The molecule has 3 aromatic carbocycles. The van der Waals surface area contributed by atoms with Gasteiger partial charge < -0.3 is 14.0 Å². The maximum Gasteiger partial charge on any atom is 0.123 e. The van der Waals surface area contributed by atoms with Crippen LogP contribution in [0.5, 0.6) is 11.5 Å². The minimum absolute atomic E-state index is 0.688. The van der Waals surface area contributed by atoms with Gasteiger partial charge in [-0.1, -0.05) is 36.4 Å². The second kappa shape index (κ2) is 7.52. The predicted molar refractivity (Wildman–Crippen MR) is 118 cm³/mol. The maximum atomic E-state index is 5.57. The summed E-state index contributed by atoms with van der Waals surface area (Å²) in [6.45, 7) is 0.688. The topological polar surface area (TPSA) is 49.2 Å². The summed E-state index contributed by atoms with van der Waals surface area (Å²) in [4.78, 5) is 0. The molecule has 5 heteroatoms. The Hall–Kier alpha value is -3.86. The number of para-hydroxylation sites is 2. The van der Waals surface area contributed by atoms with Crippen LogP contribution in [0.25, 0.3) is 33.4 Å². The highest BCUT2D eigenvalue weighted by atomic mass is 16.5. The van der Waals surface area contributed by atoms with Gasteiger partial charge in [0.05, 0.1) is 26.3 Å². The minimum Gasteiger partial charge on any atom is -0.497 e. The number of rotatable bonds is 5. The Morgan fingerprint density at radius 2 is 1.50 bits per heavy atom. The van der Waals surface area contributed by atoms with E-state index < -0.39 is 0 Å². The van der Waals surface area contributed by atoms with Crippen molar-refractivity contribution in [1.82, 2.24) is 14.8 Å². The van der Waals surface area contributed by atoms with E-state index in [-0.39, 0.29) is 0 Å². The molecule has 2 aliphatic heterocycles. The first-order chi connectivity index (χ1) is 14.8. The number of methoxy groups -OCH3 is 2. The van der Waals surface area contributed by atoms with Crippen LogP contribution in [-0.4, -0.2) is 29.0 Å². The fourth-order valence-electron chi connectivity index (χ4n) is 3.90. The average molecular weight is 395 g/mol. The van der Waals surface area contributed by atoms with Crippen LogP contribution in [-0.2, 0) is 6.54 Å². The molecule has 5 nitrogen and oxygen atoms in total. The Labute approximate surface area is 174 Å². The third kappa shape index (κ3) is 3.05. The van der Waals surface area contributed by atoms with Crippen molar-refractivity contribution in [3.8, 4) is 34.0 Å². The number of nitrogens with zero attached hydrogens (tertiary/aromatic N) is 3. The Kier molecular flexibility index (Phi) is 4.56. The van der Waals surface area contributed by atoms with Crippen molar-refractivity contribution in [3.05, 3.63) is 84.6 Å². The third-order valence-corrected chi connectivity index (χ3v) is 5.41. The Bertz CT molecular complexity index is 1290. The highest BCUT2D eigenvalue weighted by Gasteiger charge is 2.20. The Morgan fingerprint density at radius 1 is 0.767 bits per heavy atom. The van der Waals surface area contributed by atoms with Crippen LogP contribution < -0.4 is 9.47 Å². The van der Waals surface area contributed by atoms with E-state index in [9.17, 15) is 0 Å². The van der Waals surface area contributed by atoms with Gasteiger partial charge in [-0.25, -0.2) is 0 Å². The zero-order chi connectivity index (χ0) is 20.5. The molecule has 0 saturated heterocycles. The van der Waals surface area contributed by atoms with Crippen LogP contribution >= 0.6 is 0 Å². The molecule has 0 N–H and O–H groups in total. The lowest BCUT2D eigenvalue weighted by Crippen LogP contribution is -2.05. The van der Waals surface area contributed by atoms with Crippen LogP contribution in [0, 0.1) is 0 Å². The van der Waals surface area contributed by atoms with Crippen molar-refractivity contribution >= 4 is 10.9 Å². The number of aromatic nitrogens is 3. The van der Waals surface area contributed by atoms with Crippen LogP contribution in [0.2, 0.25) is 0 Å². The quantitative estimate of drug-likeness (QED) is 0.407. The van der Waals surface area contributed by atoms with Crippen molar-refractivity contribution < 1.29 is 9.47 Å². The van der Waals surface area contributed by atoms with E-state index in [0.29, 0.717) is 6.54 Å². The van der Waals surface area contributed by atoms with Crippen LogP contribution in [0.1, 0.15) is 5.56 Å². The molecular weight excluding hydrogens is 374 g/mol. The van der Waals surface area contributed by atoms with Gasteiger partial charge in [0.25, 0.3) is 0 Å². The summed E-state index contributed by atoms with van der Waals surface area (Å²) >= 11 is 0. The number of hydrogen-bond acceptors (Lipinski definition) is 4. The monoisotopic (exact) mass is 395 g/mol. The normalized spacial score (nSPS) is 11.1. The molecule has 2 heterocycles. The van der Waals surface area contributed by atoms with E-state index in [1.54, 1.807) is 14.2 Å². The molecule has 3 aromatic rings. The first-order valence-electron chi connectivity index (χ1n) is 9.79. The van der Waals surface area contributed by atoms with Crippen LogP contribution in [0.4, 0.5) is 0 Å². The van der Waals surface area contributed by atoms with Gasteiger partial charge in [0.15, 0.2) is 0 Å². The van der Waals surface area contributed by atoms with Crippen LogP contribution in [0.15, 0.2) is 79.0 Å². The summed E-state index contributed by atoms with van der Waals surface area (Å²) in [6, 6.07) is 24.3. The molecule has 0 radical (unpaired) electrons. The van der Waals surface area contributed by atoms with Gasteiger partial charge in [0.2, 0.25) is 0 Å². The fourth-order valence-corrected chi connectivity index (χ4v) is 3.90. The Balaban J connectivity index is 1.69. The van der Waals surface area contributed by atoms with Gasteiger partial charge in [0, 0.05) is 28.3 Å². The summed E-state index contributed by atoms with van der Waals surface area (Å²) in [7, 11) is 3.37. The molecule has 5 rings (SSSR count). The molecule has 0 aliphatic carbocycles. The number of benzene rings is 3. The zero-order valence-electron chi connectivity index (χ0n) is 16.9. The second-order valence-corrected chi connectivity index (χ2v) is 7.13. The molecular formula is C25H21N3O2. The summed E-state index contributed by atoms with van der Waals surface area (Å²) < 4.78 is 13.1. The smallest absolute Gasteiger partial charge is 0.123 e. The molecule has 0 unspecified atom stereocenters. The number of pyridine rings is 1. The summed E-state index contributed by atoms with van der Waals surface area (Å²) in [5.41, 5.74) is 6.04. The standard InChI is InChI=1S/C25H21N3O2/c1-29-19-13-11-17(12-14-19)24-21-16-28(15-18-7-3-6-10-23(18)30-2)22-9-5-4-8-20(22)25(21)27-26-24/h3-14,16H,15H2,1-2H3. The average Bonchev–Trinajstić information content (AvgIpc) is 3.23. The lowest BCUT2D eigenvalue weighted by molar-refractivity contribution is 0.408. The first kappa shape index (κ1) is 18.2. The lowest BCUT2D eigenvalue weighted by atomic mass is 10.0. The largest absolute Gasteiger partial charge is 0.497 e. The Morgan fingerprint density at radius 3 is 2.30 bits per heavy atom. The molecule has 0 amide bonds.